The molecule has 1 saturated heterocycles. The first-order valence-electron chi connectivity index (χ1n) is 10.4. The van der Waals surface area contributed by atoms with E-state index < -0.39 is 10.0 Å². The number of para-hydroxylation sites is 2. The van der Waals surface area contributed by atoms with Crippen molar-refractivity contribution in [2.75, 3.05) is 32.6 Å². The van der Waals surface area contributed by atoms with Crippen molar-refractivity contribution in [1.82, 2.24) is 4.31 Å². The third-order valence-corrected chi connectivity index (χ3v) is 7.58. The average Bonchev–Trinajstić information content (AvgIpc) is 2.78. The molecule has 31 heavy (non-hydrogen) atoms. The number of methoxy groups -OCH3 is 2. The van der Waals surface area contributed by atoms with E-state index in [9.17, 15) is 13.2 Å². The van der Waals surface area contributed by atoms with E-state index in [-0.39, 0.29) is 35.7 Å². The molecule has 7 nitrogen and oxygen atoms in total. The first-order chi connectivity index (χ1) is 14.8. The minimum atomic E-state index is -3.72. The standard InChI is InChI=1S/C23H30N2O5S/c1-16(2)18-9-10-21(30-4)22(15-18)31(27,28)25-13-11-17(12-14-25)23(26)24-19-7-5-6-8-20(19)29-3/h5-10,15-17H,11-14H2,1-4H3,(H,24,26). The molecule has 0 bridgehead atoms. The second-order valence-electron chi connectivity index (χ2n) is 7.93. The zero-order valence-corrected chi connectivity index (χ0v) is 19.2. The molecule has 0 aromatic heterocycles. The third kappa shape index (κ3) is 5.02. The Morgan fingerprint density at radius 2 is 1.68 bits per heavy atom. The summed E-state index contributed by atoms with van der Waals surface area (Å²) in [6.45, 7) is 4.59. The number of anilines is 1. The van der Waals surface area contributed by atoms with Gasteiger partial charge in [-0.15, -0.1) is 0 Å². The van der Waals surface area contributed by atoms with Crippen molar-refractivity contribution in [3.63, 3.8) is 0 Å². The molecule has 1 aliphatic heterocycles. The SMILES string of the molecule is COc1ccccc1NC(=O)C1CCN(S(=O)(=O)c2cc(C(C)C)ccc2OC)CC1. The van der Waals surface area contributed by atoms with E-state index in [2.05, 4.69) is 5.32 Å². The summed E-state index contributed by atoms with van der Waals surface area (Å²) in [5.41, 5.74) is 1.55. The fourth-order valence-electron chi connectivity index (χ4n) is 3.73. The van der Waals surface area contributed by atoms with Crippen LogP contribution in [0.4, 0.5) is 5.69 Å². The van der Waals surface area contributed by atoms with Crippen LogP contribution in [0.25, 0.3) is 0 Å². The van der Waals surface area contributed by atoms with Gasteiger partial charge < -0.3 is 14.8 Å². The molecular formula is C23H30N2O5S. The molecule has 0 unspecified atom stereocenters. The summed E-state index contributed by atoms with van der Waals surface area (Å²) in [6, 6.07) is 12.5. The van der Waals surface area contributed by atoms with E-state index in [1.165, 1.54) is 11.4 Å². The summed E-state index contributed by atoms with van der Waals surface area (Å²) in [5.74, 6) is 0.735. The van der Waals surface area contributed by atoms with E-state index in [1.54, 1.807) is 31.4 Å². The van der Waals surface area contributed by atoms with E-state index in [1.807, 2.05) is 32.0 Å². The molecule has 2 aromatic rings. The first kappa shape index (κ1) is 23.1. The number of amides is 1. The zero-order valence-electron chi connectivity index (χ0n) is 18.4. The van der Waals surface area contributed by atoms with E-state index in [4.69, 9.17) is 9.47 Å². The summed E-state index contributed by atoms with van der Waals surface area (Å²) in [4.78, 5) is 12.9. The highest BCUT2D eigenvalue weighted by atomic mass is 32.2. The van der Waals surface area contributed by atoms with Gasteiger partial charge in [0.05, 0.1) is 19.9 Å². The van der Waals surface area contributed by atoms with Crippen LogP contribution in [0, 0.1) is 5.92 Å². The quantitative estimate of drug-likeness (QED) is 0.698. The first-order valence-corrected chi connectivity index (χ1v) is 11.8. The van der Waals surface area contributed by atoms with Crippen molar-refractivity contribution >= 4 is 21.6 Å². The van der Waals surface area contributed by atoms with Gasteiger partial charge in [0.15, 0.2) is 0 Å². The maximum Gasteiger partial charge on any atom is 0.246 e. The Hall–Kier alpha value is -2.58. The van der Waals surface area contributed by atoms with Crippen molar-refractivity contribution in [3.8, 4) is 11.5 Å². The number of sulfonamides is 1. The van der Waals surface area contributed by atoms with E-state index >= 15 is 0 Å². The second-order valence-corrected chi connectivity index (χ2v) is 9.84. The third-order valence-electron chi connectivity index (χ3n) is 5.66. The summed E-state index contributed by atoms with van der Waals surface area (Å²) in [6.07, 6.45) is 0.902. The van der Waals surface area contributed by atoms with E-state index in [0.29, 0.717) is 30.0 Å². The van der Waals surface area contributed by atoms with Gasteiger partial charge in [0.1, 0.15) is 16.4 Å². The molecule has 1 N–H and O–H groups in total. The molecule has 0 radical (unpaired) electrons. The highest BCUT2D eigenvalue weighted by molar-refractivity contribution is 7.89. The maximum atomic E-state index is 13.3. The van der Waals surface area contributed by atoms with Crippen LogP contribution in [0.5, 0.6) is 11.5 Å². The van der Waals surface area contributed by atoms with Crippen LogP contribution in [0.3, 0.4) is 0 Å². The van der Waals surface area contributed by atoms with Gasteiger partial charge in [-0.1, -0.05) is 32.0 Å². The Bertz CT molecular complexity index is 1030. The van der Waals surface area contributed by atoms with Crippen LogP contribution < -0.4 is 14.8 Å². The van der Waals surface area contributed by atoms with Crippen molar-refractivity contribution < 1.29 is 22.7 Å². The van der Waals surface area contributed by atoms with Crippen LogP contribution in [0.15, 0.2) is 47.4 Å². The Labute approximate surface area is 184 Å². The monoisotopic (exact) mass is 446 g/mol. The molecule has 1 amide bonds. The lowest BCUT2D eigenvalue weighted by atomic mass is 9.97. The van der Waals surface area contributed by atoms with E-state index in [0.717, 1.165) is 5.56 Å². The van der Waals surface area contributed by atoms with Gasteiger partial charge >= 0.3 is 0 Å². The number of ether oxygens (including phenoxy) is 2. The van der Waals surface area contributed by atoms with Crippen LogP contribution in [0.2, 0.25) is 0 Å². The largest absolute Gasteiger partial charge is 0.495 e. The molecule has 0 aliphatic carbocycles. The van der Waals surface area contributed by atoms with Crippen LogP contribution in [0.1, 0.15) is 38.2 Å². The topological polar surface area (TPSA) is 84.9 Å². The Morgan fingerprint density at radius 3 is 2.29 bits per heavy atom. The minimum Gasteiger partial charge on any atom is -0.495 e. The molecule has 2 aromatic carbocycles. The van der Waals surface area contributed by atoms with Gasteiger partial charge in [-0.3, -0.25) is 4.79 Å². The van der Waals surface area contributed by atoms with Crippen molar-refractivity contribution in [1.29, 1.82) is 0 Å². The van der Waals surface area contributed by atoms with Gasteiger partial charge in [0.2, 0.25) is 15.9 Å². The predicted octanol–water partition coefficient (Wildman–Crippen LogP) is 3.87. The average molecular weight is 447 g/mol. The number of nitrogens with zero attached hydrogens (tertiary/aromatic N) is 1. The highest BCUT2D eigenvalue weighted by Crippen LogP contribution is 2.33. The number of carbonyl (C=O) groups is 1. The molecular weight excluding hydrogens is 416 g/mol. The number of hydrogen-bond acceptors (Lipinski definition) is 5. The van der Waals surface area contributed by atoms with Crippen LogP contribution in [-0.2, 0) is 14.8 Å². The zero-order chi connectivity index (χ0) is 22.6. The molecule has 168 valence electrons. The summed E-state index contributed by atoms with van der Waals surface area (Å²) in [7, 11) is -0.700. The predicted molar refractivity (Wildman–Crippen MR) is 120 cm³/mol. The molecule has 1 fully saturated rings. The van der Waals surface area contributed by atoms with Gasteiger partial charge in [-0.05, 0) is 48.6 Å². The van der Waals surface area contributed by atoms with Crippen LogP contribution in [-0.4, -0.2) is 45.9 Å². The van der Waals surface area contributed by atoms with Gasteiger partial charge in [0, 0.05) is 19.0 Å². The lowest BCUT2D eigenvalue weighted by molar-refractivity contribution is -0.120. The molecule has 0 saturated carbocycles. The normalized spacial score (nSPS) is 15.6. The molecule has 8 heteroatoms. The molecule has 0 spiro atoms. The lowest BCUT2D eigenvalue weighted by Crippen LogP contribution is -2.41. The molecule has 3 rings (SSSR count). The van der Waals surface area contributed by atoms with Crippen molar-refractivity contribution in [2.24, 2.45) is 5.92 Å². The van der Waals surface area contributed by atoms with Crippen molar-refractivity contribution in [3.05, 3.63) is 48.0 Å². The number of piperidine rings is 1. The number of carbonyl (C=O) groups excluding carboxylic acids is 1. The van der Waals surface area contributed by atoms with Crippen LogP contribution >= 0.6 is 0 Å². The molecule has 0 atom stereocenters. The minimum absolute atomic E-state index is 0.124. The Kier molecular flexibility index (Phi) is 7.23. The number of benzene rings is 2. The summed E-state index contributed by atoms with van der Waals surface area (Å²) < 4.78 is 38.7. The lowest BCUT2D eigenvalue weighted by Gasteiger charge is -2.31. The fourth-order valence-corrected chi connectivity index (χ4v) is 5.39. The fraction of sp³-hybridized carbons (Fsp3) is 0.435. The maximum absolute atomic E-state index is 13.3. The summed E-state index contributed by atoms with van der Waals surface area (Å²) >= 11 is 0. The second kappa shape index (κ2) is 9.70. The number of nitrogens with one attached hydrogen (secondary N) is 1. The highest BCUT2D eigenvalue weighted by Gasteiger charge is 2.34. The van der Waals surface area contributed by atoms with Gasteiger partial charge in [-0.25, -0.2) is 8.42 Å². The number of hydrogen-bond donors (Lipinski definition) is 1. The molecule has 1 aliphatic rings. The Morgan fingerprint density at radius 1 is 1.03 bits per heavy atom. The van der Waals surface area contributed by atoms with Gasteiger partial charge in [-0.2, -0.15) is 4.31 Å². The smallest absolute Gasteiger partial charge is 0.246 e. The van der Waals surface area contributed by atoms with Gasteiger partial charge in [0.25, 0.3) is 0 Å². The Balaban J connectivity index is 1.71. The number of rotatable bonds is 7. The van der Waals surface area contributed by atoms with Crippen molar-refractivity contribution in [2.45, 2.75) is 37.5 Å². The molecule has 1 heterocycles. The summed E-state index contributed by atoms with van der Waals surface area (Å²) in [5, 5.41) is 2.90.